The van der Waals surface area contributed by atoms with Crippen molar-refractivity contribution in [2.24, 2.45) is 0 Å². The fourth-order valence-corrected chi connectivity index (χ4v) is 3.67. The van der Waals surface area contributed by atoms with Crippen molar-refractivity contribution in [3.05, 3.63) is 47.5 Å². The maximum absolute atomic E-state index is 13.6. The normalized spacial score (nSPS) is 19.0. The highest BCUT2D eigenvalue weighted by molar-refractivity contribution is 5.89. The Morgan fingerprint density at radius 2 is 2.03 bits per heavy atom. The maximum atomic E-state index is 13.6. The van der Waals surface area contributed by atoms with Crippen LogP contribution in [0.1, 0.15) is 36.6 Å². The number of rotatable bonds is 4. The van der Waals surface area contributed by atoms with Crippen molar-refractivity contribution in [1.82, 2.24) is 25.1 Å². The van der Waals surface area contributed by atoms with Crippen LogP contribution in [-0.2, 0) is 0 Å². The molecule has 150 valence electrons. The van der Waals surface area contributed by atoms with Gasteiger partial charge < -0.3 is 15.5 Å². The standard InChI is InChI=1S/C20H22FN7O/c1-12-2-5-14(10-16(12)21)22-20(29)23-15-8-9-27(11-15)18-7-6-17-24-25-19(13-3-4-13)28(17)26-18/h2,5-7,10,13,15H,3-4,8-9,11H2,1H3,(H2,22,23,29). The van der Waals surface area contributed by atoms with Gasteiger partial charge in [-0.15, -0.1) is 15.3 Å². The molecule has 0 spiro atoms. The third-order valence-electron chi connectivity index (χ3n) is 5.49. The Kier molecular flexibility index (Phi) is 4.30. The number of anilines is 2. The molecule has 2 aromatic heterocycles. The fraction of sp³-hybridized carbons (Fsp3) is 0.400. The molecule has 1 saturated carbocycles. The van der Waals surface area contributed by atoms with Gasteiger partial charge in [-0.3, -0.25) is 0 Å². The van der Waals surface area contributed by atoms with E-state index < -0.39 is 0 Å². The minimum absolute atomic E-state index is 0.00777. The molecule has 2 N–H and O–H groups in total. The Labute approximate surface area is 167 Å². The Morgan fingerprint density at radius 3 is 2.83 bits per heavy atom. The summed E-state index contributed by atoms with van der Waals surface area (Å²) >= 11 is 0. The van der Waals surface area contributed by atoms with E-state index in [1.54, 1.807) is 19.1 Å². The summed E-state index contributed by atoms with van der Waals surface area (Å²) in [6.45, 7) is 3.14. The molecule has 1 aromatic carbocycles. The zero-order valence-electron chi connectivity index (χ0n) is 16.1. The molecular weight excluding hydrogens is 373 g/mol. The van der Waals surface area contributed by atoms with Crippen LogP contribution < -0.4 is 15.5 Å². The quantitative estimate of drug-likeness (QED) is 0.709. The van der Waals surface area contributed by atoms with Crippen molar-refractivity contribution in [2.45, 2.75) is 38.1 Å². The van der Waals surface area contributed by atoms with E-state index in [1.165, 1.54) is 6.07 Å². The van der Waals surface area contributed by atoms with Gasteiger partial charge in [0.2, 0.25) is 0 Å². The second-order valence-electron chi connectivity index (χ2n) is 7.79. The number of urea groups is 1. The number of nitrogens with zero attached hydrogens (tertiary/aromatic N) is 5. The lowest BCUT2D eigenvalue weighted by Gasteiger charge is -2.18. The molecule has 2 fully saturated rings. The first-order valence-corrected chi connectivity index (χ1v) is 9.88. The predicted molar refractivity (Wildman–Crippen MR) is 107 cm³/mol. The van der Waals surface area contributed by atoms with Gasteiger partial charge in [0.1, 0.15) is 11.6 Å². The van der Waals surface area contributed by atoms with E-state index in [0.717, 1.165) is 43.1 Å². The van der Waals surface area contributed by atoms with Crippen molar-refractivity contribution in [2.75, 3.05) is 23.3 Å². The van der Waals surface area contributed by atoms with Crippen LogP contribution in [0.15, 0.2) is 30.3 Å². The second-order valence-corrected chi connectivity index (χ2v) is 7.79. The highest BCUT2D eigenvalue weighted by Gasteiger charge is 2.30. The number of hydrogen-bond donors (Lipinski definition) is 2. The van der Waals surface area contributed by atoms with E-state index in [-0.39, 0.29) is 17.9 Å². The van der Waals surface area contributed by atoms with Crippen LogP contribution in [0.25, 0.3) is 5.65 Å². The van der Waals surface area contributed by atoms with E-state index in [2.05, 4.69) is 25.7 Å². The maximum Gasteiger partial charge on any atom is 0.319 e. The Bertz CT molecular complexity index is 1080. The molecular formula is C20H22FN7O. The summed E-state index contributed by atoms with van der Waals surface area (Å²) in [4.78, 5) is 14.4. The number of halogens is 1. The summed E-state index contributed by atoms with van der Waals surface area (Å²) in [5.74, 6) is 1.91. The van der Waals surface area contributed by atoms with Gasteiger partial charge in [-0.05, 0) is 56.0 Å². The summed E-state index contributed by atoms with van der Waals surface area (Å²) in [5.41, 5.74) is 1.74. The number of aromatic nitrogens is 4. The van der Waals surface area contributed by atoms with Crippen LogP contribution in [0.3, 0.4) is 0 Å². The summed E-state index contributed by atoms with van der Waals surface area (Å²) in [6.07, 6.45) is 3.10. The van der Waals surface area contributed by atoms with Gasteiger partial charge in [-0.2, -0.15) is 4.52 Å². The van der Waals surface area contributed by atoms with Crippen molar-refractivity contribution < 1.29 is 9.18 Å². The van der Waals surface area contributed by atoms with Crippen LogP contribution in [0, 0.1) is 12.7 Å². The Hall–Kier alpha value is -3.23. The first kappa shape index (κ1) is 17.8. The van der Waals surface area contributed by atoms with Gasteiger partial charge >= 0.3 is 6.03 Å². The Morgan fingerprint density at radius 1 is 1.17 bits per heavy atom. The molecule has 1 aliphatic carbocycles. The van der Waals surface area contributed by atoms with Gasteiger partial charge in [-0.25, -0.2) is 9.18 Å². The van der Waals surface area contributed by atoms with Gasteiger partial charge in [-0.1, -0.05) is 6.07 Å². The molecule has 0 bridgehead atoms. The topological polar surface area (TPSA) is 87.5 Å². The third-order valence-corrected chi connectivity index (χ3v) is 5.49. The number of hydrogen-bond acceptors (Lipinski definition) is 5. The zero-order valence-corrected chi connectivity index (χ0v) is 16.1. The van der Waals surface area contributed by atoms with Crippen molar-refractivity contribution in [1.29, 1.82) is 0 Å². The van der Waals surface area contributed by atoms with Crippen LogP contribution in [-0.4, -0.2) is 45.0 Å². The lowest BCUT2D eigenvalue weighted by molar-refractivity contribution is 0.249. The molecule has 9 heteroatoms. The zero-order chi connectivity index (χ0) is 20.0. The average Bonchev–Trinajstić information content (AvgIpc) is 3.29. The van der Waals surface area contributed by atoms with Crippen molar-refractivity contribution in [3.8, 4) is 0 Å². The molecule has 0 radical (unpaired) electrons. The molecule has 8 nitrogen and oxygen atoms in total. The van der Waals surface area contributed by atoms with Crippen LogP contribution in [0.4, 0.5) is 20.7 Å². The number of benzene rings is 1. The summed E-state index contributed by atoms with van der Waals surface area (Å²) in [7, 11) is 0. The molecule has 3 aromatic rings. The van der Waals surface area contributed by atoms with E-state index in [1.807, 2.05) is 16.6 Å². The number of aryl methyl sites for hydroxylation is 1. The molecule has 5 rings (SSSR count). The summed E-state index contributed by atoms with van der Waals surface area (Å²) in [6, 6.07) is 8.19. The molecule has 3 heterocycles. The van der Waals surface area contributed by atoms with E-state index >= 15 is 0 Å². The van der Waals surface area contributed by atoms with Crippen molar-refractivity contribution >= 4 is 23.2 Å². The van der Waals surface area contributed by atoms with Gasteiger partial charge in [0.25, 0.3) is 0 Å². The highest BCUT2D eigenvalue weighted by Crippen LogP contribution is 2.38. The molecule has 29 heavy (non-hydrogen) atoms. The van der Waals surface area contributed by atoms with Gasteiger partial charge in [0, 0.05) is 30.7 Å². The van der Waals surface area contributed by atoms with E-state index in [9.17, 15) is 9.18 Å². The molecule has 1 atom stereocenters. The fourth-order valence-electron chi connectivity index (χ4n) is 3.67. The van der Waals surface area contributed by atoms with Crippen molar-refractivity contribution in [3.63, 3.8) is 0 Å². The first-order valence-electron chi connectivity index (χ1n) is 9.88. The van der Waals surface area contributed by atoms with Crippen LogP contribution in [0.5, 0.6) is 0 Å². The first-order chi connectivity index (χ1) is 14.1. The predicted octanol–water partition coefficient (Wildman–Crippen LogP) is 2.85. The average molecular weight is 395 g/mol. The lowest BCUT2D eigenvalue weighted by atomic mass is 10.2. The largest absolute Gasteiger partial charge is 0.353 e. The minimum Gasteiger partial charge on any atom is -0.353 e. The van der Waals surface area contributed by atoms with Crippen LogP contribution >= 0.6 is 0 Å². The molecule has 2 aliphatic rings. The number of carbonyl (C=O) groups excluding carboxylic acids is 1. The lowest BCUT2D eigenvalue weighted by Crippen LogP contribution is -2.39. The second kappa shape index (κ2) is 6.98. The molecule has 1 unspecified atom stereocenters. The number of amides is 2. The third kappa shape index (κ3) is 3.59. The van der Waals surface area contributed by atoms with E-state index in [4.69, 9.17) is 5.10 Å². The van der Waals surface area contributed by atoms with E-state index in [0.29, 0.717) is 23.7 Å². The minimum atomic E-state index is -0.337. The summed E-state index contributed by atoms with van der Waals surface area (Å²) in [5, 5.41) is 18.8. The monoisotopic (exact) mass is 395 g/mol. The number of carbonyl (C=O) groups is 1. The highest BCUT2D eigenvalue weighted by atomic mass is 19.1. The molecule has 2 amide bonds. The SMILES string of the molecule is Cc1ccc(NC(=O)NC2CCN(c3ccc4nnc(C5CC5)n4n3)C2)cc1F. The molecule has 1 saturated heterocycles. The van der Waals surface area contributed by atoms with Gasteiger partial charge in [0.15, 0.2) is 11.5 Å². The van der Waals surface area contributed by atoms with Crippen LogP contribution in [0.2, 0.25) is 0 Å². The van der Waals surface area contributed by atoms with Gasteiger partial charge in [0.05, 0.1) is 0 Å². The number of nitrogens with one attached hydrogen (secondary N) is 2. The smallest absolute Gasteiger partial charge is 0.319 e. The molecule has 1 aliphatic heterocycles. The summed E-state index contributed by atoms with van der Waals surface area (Å²) < 4.78 is 15.5. The number of fused-ring (bicyclic) bond motifs is 1. The Balaban J connectivity index is 1.23.